The Morgan fingerprint density at radius 3 is 2.50 bits per heavy atom. The lowest BCUT2D eigenvalue weighted by Gasteiger charge is -2.36. The van der Waals surface area contributed by atoms with Gasteiger partial charge in [-0.3, -0.25) is 0 Å². The lowest BCUT2D eigenvalue weighted by Crippen LogP contribution is -2.43. The van der Waals surface area contributed by atoms with Crippen molar-refractivity contribution < 1.29 is 13.9 Å². The smallest absolute Gasteiger partial charge is 0.250 e. The van der Waals surface area contributed by atoms with Gasteiger partial charge in [0.2, 0.25) is 15.1 Å². The van der Waals surface area contributed by atoms with Crippen LogP contribution in [-0.4, -0.2) is 15.1 Å². The normalized spacial score (nSPS) is 14.8. The first-order valence-electron chi connectivity index (χ1n) is 5.99. The maximum atomic E-state index is 6.25. The summed E-state index contributed by atoms with van der Waals surface area (Å²) in [7, 11) is -1.82. The average Bonchev–Trinajstić information content (AvgIpc) is 2.63. The molecule has 0 aromatic heterocycles. The second-order valence-electron chi connectivity index (χ2n) is 6.00. The first-order chi connectivity index (χ1) is 8.21. The molecule has 1 aliphatic rings. The third-order valence-corrected chi connectivity index (χ3v) is 8.53. The molecule has 0 bridgehead atoms. The number of fused-ring (bicyclic) bond motifs is 1. The van der Waals surface area contributed by atoms with Crippen LogP contribution in [0.2, 0.25) is 18.1 Å². The molecule has 1 aliphatic heterocycles. The highest BCUT2D eigenvalue weighted by Crippen LogP contribution is 2.44. The van der Waals surface area contributed by atoms with E-state index in [1.165, 1.54) is 0 Å². The summed E-state index contributed by atoms with van der Waals surface area (Å²) in [6.07, 6.45) is 0. The van der Waals surface area contributed by atoms with Crippen molar-refractivity contribution in [3.05, 3.63) is 16.6 Å². The SMILES string of the molecule is CC(C)(C)[Si](C)(C)Oc1cc(Br)c2c(c1)OCO2. The molecule has 0 N–H and O–H groups in total. The van der Waals surface area contributed by atoms with E-state index in [0.29, 0.717) is 0 Å². The number of rotatable bonds is 2. The Morgan fingerprint density at radius 2 is 1.89 bits per heavy atom. The zero-order chi connectivity index (χ0) is 13.6. The highest BCUT2D eigenvalue weighted by atomic mass is 79.9. The Bertz CT molecular complexity index is 466. The first kappa shape index (κ1) is 13.7. The van der Waals surface area contributed by atoms with E-state index in [4.69, 9.17) is 13.9 Å². The molecular formula is C13H19BrO3Si. The van der Waals surface area contributed by atoms with Gasteiger partial charge in [-0.25, -0.2) is 0 Å². The molecule has 5 heteroatoms. The van der Waals surface area contributed by atoms with Crippen molar-refractivity contribution in [2.75, 3.05) is 6.79 Å². The standard InChI is InChI=1S/C13H19BrO3Si/c1-13(2,3)18(4,5)17-9-6-10(14)12-11(7-9)15-8-16-12/h6-7H,8H2,1-5H3. The summed E-state index contributed by atoms with van der Waals surface area (Å²) in [6.45, 7) is 11.4. The van der Waals surface area contributed by atoms with Crippen LogP contribution in [0.4, 0.5) is 0 Å². The molecule has 0 saturated carbocycles. The van der Waals surface area contributed by atoms with Gasteiger partial charge in [-0.05, 0) is 40.1 Å². The molecule has 0 aliphatic carbocycles. The minimum Gasteiger partial charge on any atom is -0.543 e. The Morgan fingerprint density at radius 1 is 1.22 bits per heavy atom. The van der Waals surface area contributed by atoms with Crippen LogP contribution in [0, 0.1) is 0 Å². The predicted octanol–water partition coefficient (Wildman–Crippen LogP) is 4.56. The second kappa shape index (κ2) is 4.45. The highest BCUT2D eigenvalue weighted by molar-refractivity contribution is 9.10. The second-order valence-corrected chi connectivity index (χ2v) is 11.6. The molecule has 18 heavy (non-hydrogen) atoms. The summed E-state index contributed by atoms with van der Waals surface area (Å²) in [5, 5.41) is 0.176. The van der Waals surface area contributed by atoms with E-state index in [1.54, 1.807) is 0 Å². The van der Waals surface area contributed by atoms with Crippen LogP contribution in [-0.2, 0) is 0 Å². The van der Waals surface area contributed by atoms with Crippen LogP contribution in [0.15, 0.2) is 16.6 Å². The third kappa shape index (κ3) is 2.52. The van der Waals surface area contributed by atoms with Crippen molar-refractivity contribution in [2.45, 2.75) is 38.9 Å². The minimum atomic E-state index is -1.82. The maximum Gasteiger partial charge on any atom is 0.250 e. The predicted molar refractivity (Wildman–Crippen MR) is 78.1 cm³/mol. The van der Waals surface area contributed by atoms with E-state index >= 15 is 0 Å². The van der Waals surface area contributed by atoms with Crippen molar-refractivity contribution in [3.8, 4) is 17.2 Å². The fourth-order valence-electron chi connectivity index (χ4n) is 1.45. The molecule has 100 valence electrons. The number of hydrogen-bond donors (Lipinski definition) is 0. The lowest BCUT2D eigenvalue weighted by molar-refractivity contribution is 0.173. The van der Waals surface area contributed by atoms with Gasteiger partial charge in [0.1, 0.15) is 5.75 Å². The van der Waals surface area contributed by atoms with E-state index in [0.717, 1.165) is 21.7 Å². The van der Waals surface area contributed by atoms with Gasteiger partial charge >= 0.3 is 0 Å². The first-order valence-corrected chi connectivity index (χ1v) is 9.69. The summed E-state index contributed by atoms with van der Waals surface area (Å²) < 4.78 is 17.9. The van der Waals surface area contributed by atoms with Gasteiger partial charge in [-0.2, -0.15) is 0 Å². The van der Waals surface area contributed by atoms with Crippen LogP contribution >= 0.6 is 15.9 Å². The summed E-state index contributed by atoms with van der Waals surface area (Å²) in [5.74, 6) is 2.35. The topological polar surface area (TPSA) is 27.7 Å². The Labute approximate surface area is 118 Å². The highest BCUT2D eigenvalue weighted by Gasteiger charge is 2.39. The van der Waals surface area contributed by atoms with E-state index in [2.05, 4.69) is 49.8 Å². The zero-order valence-electron chi connectivity index (χ0n) is 11.5. The molecule has 0 radical (unpaired) electrons. The monoisotopic (exact) mass is 330 g/mol. The van der Waals surface area contributed by atoms with Crippen molar-refractivity contribution in [3.63, 3.8) is 0 Å². The van der Waals surface area contributed by atoms with Gasteiger partial charge in [-0.1, -0.05) is 20.8 Å². The Balaban J connectivity index is 2.29. The van der Waals surface area contributed by atoms with Crippen LogP contribution in [0.5, 0.6) is 17.2 Å². The van der Waals surface area contributed by atoms with Crippen LogP contribution < -0.4 is 13.9 Å². The van der Waals surface area contributed by atoms with E-state index in [1.807, 2.05) is 12.1 Å². The van der Waals surface area contributed by atoms with Gasteiger partial charge in [0, 0.05) is 6.07 Å². The molecule has 0 saturated heterocycles. The van der Waals surface area contributed by atoms with Crippen molar-refractivity contribution >= 4 is 24.2 Å². The number of hydrogen-bond acceptors (Lipinski definition) is 3. The number of halogens is 1. The zero-order valence-corrected chi connectivity index (χ0v) is 14.1. The number of benzene rings is 1. The molecule has 0 unspecified atom stereocenters. The Hall–Kier alpha value is -0.683. The van der Waals surface area contributed by atoms with Gasteiger partial charge < -0.3 is 13.9 Å². The molecule has 0 amide bonds. The third-order valence-electron chi connectivity index (χ3n) is 3.58. The van der Waals surface area contributed by atoms with Gasteiger partial charge in [0.05, 0.1) is 4.47 Å². The van der Waals surface area contributed by atoms with E-state index < -0.39 is 8.32 Å². The van der Waals surface area contributed by atoms with Crippen molar-refractivity contribution in [2.24, 2.45) is 0 Å². The van der Waals surface area contributed by atoms with Gasteiger partial charge in [0.15, 0.2) is 11.5 Å². The van der Waals surface area contributed by atoms with E-state index in [9.17, 15) is 0 Å². The maximum absolute atomic E-state index is 6.25. The summed E-state index contributed by atoms with van der Waals surface area (Å²) >= 11 is 3.49. The fraction of sp³-hybridized carbons (Fsp3) is 0.538. The molecule has 2 rings (SSSR count). The van der Waals surface area contributed by atoms with Crippen LogP contribution in [0.25, 0.3) is 0 Å². The molecule has 0 fully saturated rings. The summed E-state index contributed by atoms with van der Waals surface area (Å²) in [5.41, 5.74) is 0. The molecule has 3 nitrogen and oxygen atoms in total. The van der Waals surface area contributed by atoms with Crippen molar-refractivity contribution in [1.29, 1.82) is 0 Å². The lowest BCUT2D eigenvalue weighted by atomic mass is 10.2. The molecular weight excluding hydrogens is 312 g/mol. The van der Waals surface area contributed by atoms with Crippen molar-refractivity contribution in [1.82, 2.24) is 0 Å². The molecule has 1 aromatic carbocycles. The summed E-state index contributed by atoms with van der Waals surface area (Å²) in [6, 6.07) is 3.86. The molecule has 0 spiro atoms. The fourth-order valence-corrected chi connectivity index (χ4v) is 3.00. The van der Waals surface area contributed by atoms with Gasteiger partial charge in [-0.15, -0.1) is 0 Å². The minimum absolute atomic E-state index is 0.176. The Kier molecular flexibility index (Phi) is 3.40. The van der Waals surface area contributed by atoms with Crippen LogP contribution in [0.3, 0.4) is 0 Å². The van der Waals surface area contributed by atoms with Gasteiger partial charge in [0.25, 0.3) is 0 Å². The molecule has 0 atom stereocenters. The number of ether oxygens (including phenoxy) is 2. The average molecular weight is 331 g/mol. The molecule has 1 heterocycles. The quantitative estimate of drug-likeness (QED) is 0.744. The summed E-state index contributed by atoms with van der Waals surface area (Å²) in [4.78, 5) is 0. The largest absolute Gasteiger partial charge is 0.543 e. The van der Waals surface area contributed by atoms with Crippen LogP contribution in [0.1, 0.15) is 20.8 Å². The molecule has 1 aromatic rings. The van der Waals surface area contributed by atoms with E-state index in [-0.39, 0.29) is 11.8 Å².